The van der Waals surface area contributed by atoms with E-state index < -0.39 is 0 Å². The van der Waals surface area contributed by atoms with Crippen molar-refractivity contribution in [1.82, 2.24) is 15.3 Å². The molecule has 19 heavy (non-hydrogen) atoms. The summed E-state index contributed by atoms with van der Waals surface area (Å²) in [6.07, 6.45) is 4.45. The van der Waals surface area contributed by atoms with E-state index in [0.717, 1.165) is 12.8 Å². The highest BCUT2D eigenvalue weighted by atomic mass is 16.5. The quantitative estimate of drug-likeness (QED) is 0.622. The molecular weight excluding hydrogens is 248 g/mol. The van der Waals surface area contributed by atoms with Crippen LogP contribution in [0.1, 0.15) is 23.3 Å². The molecule has 1 rings (SSSR count). The molecule has 0 aromatic carbocycles. The van der Waals surface area contributed by atoms with Gasteiger partial charge >= 0.3 is 0 Å². The summed E-state index contributed by atoms with van der Waals surface area (Å²) in [7, 11) is 1.64. The second kappa shape index (κ2) is 9.23. The highest BCUT2D eigenvalue weighted by Crippen LogP contribution is 1.96. The van der Waals surface area contributed by atoms with Gasteiger partial charge in [0, 0.05) is 20.3 Å². The third-order valence-electron chi connectivity index (χ3n) is 2.34. The maximum atomic E-state index is 11.6. The van der Waals surface area contributed by atoms with Crippen molar-refractivity contribution in [2.75, 3.05) is 39.2 Å². The number of nitrogens with zero attached hydrogens (tertiary/aromatic N) is 2. The van der Waals surface area contributed by atoms with E-state index in [4.69, 9.17) is 15.2 Å². The second-order valence-corrected chi connectivity index (χ2v) is 3.89. The fraction of sp³-hybridized carbons (Fsp3) is 0.583. The molecule has 0 bridgehead atoms. The van der Waals surface area contributed by atoms with Crippen LogP contribution in [0.15, 0.2) is 12.4 Å². The monoisotopic (exact) mass is 268 g/mol. The van der Waals surface area contributed by atoms with E-state index in [1.165, 1.54) is 12.4 Å². The molecule has 1 aromatic heterocycles. The van der Waals surface area contributed by atoms with Crippen LogP contribution in [0.2, 0.25) is 0 Å². The molecule has 0 aliphatic heterocycles. The number of amides is 1. The Morgan fingerprint density at radius 3 is 2.79 bits per heavy atom. The first-order valence-electron chi connectivity index (χ1n) is 6.16. The number of rotatable bonds is 9. The lowest BCUT2D eigenvalue weighted by molar-refractivity contribution is 0.0686. The molecule has 7 nitrogen and oxygen atoms in total. The average molecular weight is 268 g/mol. The molecule has 0 saturated heterocycles. The average Bonchev–Trinajstić information content (AvgIpc) is 2.42. The molecule has 3 N–H and O–H groups in total. The van der Waals surface area contributed by atoms with Crippen molar-refractivity contribution in [2.45, 2.75) is 12.8 Å². The van der Waals surface area contributed by atoms with Crippen LogP contribution in [0.3, 0.4) is 0 Å². The molecule has 0 aliphatic rings. The standard InChI is InChI=1S/C12H20N4O3/c1-18-6-7-19-5-3-2-4-14-12(17)10-8-16-11(13)9-15-10/h8-9H,2-7H2,1H3,(H2,13,16)(H,14,17). The van der Waals surface area contributed by atoms with E-state index in [9.17, 15) is 4.79 Å². The minimum atomic E-state index is -0.243. The molecule has 0 unspecified atom stereocenters. The Balaban J connectivity index is 2.06. The third-order valence-corrected chi connectivity index (χ3v) is 2.34. The van der Waals surface area contributed by atoms with Crippen LogP contribution in [-0.4, -0.2) is 49.4 Å². The summed E-state index contributed by atoms with van der Waals surface area (Å²) in [6.45, 7) is 2.45. The topological polar surface area (TPSA) is 99.4 Å². The van der Waals surface area contributed by atoms with E-state index in [2.05, 4.69) is 15.3 Å². The Morgan fingerprint density at radius 2 is 2.11 bits per heavy atom. The summed E-state index contributed by atoms with van der Waals surface area (Å²) >= 11 is 0. The number of aromatic nitrogens is 2. The summed E-state index contributed by atoms with van der Waals surface area (Å²) in [5, 5.41) is 2.76. The number of nitrogens with two attached hydrogens (primary N) is 1. The number of nitrogen functional groups attached to an aromatic ring is 1. The first kappa shape index (κ1) is 15.3. The zero-order valence-corrected chi connectivity index (χ0v) is 11.1. The first-order chi connectivity index (χ1) is 9.24. The van der Waals surface area contributed by atoms with Gasteiger partial charge in [0.15, 0.2) is 0 Å². The van der Waals surface area contributed by atoms with Crippen LogP contribution in [-0.2, 0) is 9.47 Å². The fourth-order valence-corrected chi connectivity index (χ4v) is 1.32. The highest BCUT2D eigenvalue weighted by Gasteiger charge is 2.06. The number of hydrogen-bond donors (Lipinski definition) is 2. The lowest BCUT2D eigenvalue weighted by Gasteiger charge is -2.05. The molecule has 0 fully saturated rings. The van der Waals surface area contributed by atoms with E-state index in [1.807, 2.05) is 0 Å². The van der Waals surface area contributed by atoms with Crippen LogP contribution >= 0.6 is 0 Å². The van der Waals surface area contributed by atoms with Gasteiger partial charge in [0.25, 0.3) is 5.91 Å². The zero-order chi connectivity index (χ0) is 13.9. The summed E-state index contributed by atoms with van der Waals surface area (Å²) in [5.74, 6) is 0.0533. The molecule has 106 valence electrons. The van der Waals surface area contributed by atoms with E-state index in [1.54, 1.807) is 7.11 Å². The second-order valence-electron chi connectivity index (χ2n) is 3.89. The van der Waals surface area contributed by atoms with Gasteiger partial charge in [-0.15, -0.1) is 0 Å². The maximum absolute atomic E-state index is 11.6. The van der Waals surface area contributed by atoms with E-state index in [0.29, 0.717) is 32.2 Å². The zero-order valence-electron chi connectivity index (χ0n) is 11.1. The van der Waals surface area contributed by atoms with Gasteiger partial charge in [-0.1, -0.05) is 0 Å². The van der Waals surface area contributed by atoms with Crippen LogP contribution < -0.4 is 11.1 Å². The number of carbonyl (C=O) groups excluding carboxylic acids is 1. The van der Waals surface area contributed by atoms with E-state index in [-0.39, 0.29) is 11.6 Å². The number of methoxy groups -OCH3 is 1. The van der Waals surface area contributed by atoms with Gasteiger partial charge in [-0.3, -0.25) is 4.79 Å². The lowest BCUT2D eigenvalue weighted by atomic mass is 10.3. The smallest absolute Gasteiger partial charge is 0.271 e. The van der Waals surface area contributed by atoms with Crippen LogP contribution in [0, 0.1) is 0 Å². The van der Waals surface area contributed by atoms with Crippen molar-refractivity contribution in [3.63, 3.8) is 0 Å². The van der Waals surface area contributed by atoms with Crippen LogP contribution in [0.5, 0.6) is 0 Å². The Morgan fingerprint density at radius 1 is 1.26 bits per heavy atom. The molecular formula is C12H20N4O3. The summed E-state index contributed by atoms with van der Waals surface area (Å²) in [6, 6.07) is 0. The van der Waals surface area contributed by atoms with Gasteiger partial charge in [0.2, 0.25) is 0 Å². The highest BCUT2D eigenvalue weighted by molar-refractivity contribution is 5.91. The van der Waals surface area contributed by atoms with Gasteiger partial charge in [-0.05, 0) is 12.8 Å². The molecule has 7 heteroatoms. The van der Waals surface area contributed by atoms with E-state index >= 15 is 0 Å². The van der Waals surface area contributed by atoms with Crippen molar-refractivity contribution in [2.24, 2.45) is 0 Å². The van der Waals surface area contributed by atoms with Gasteiger partial charge in [-0.25, -0.2) is 9.97 Å². The van der Waals surface area contributed by atoms with Gasteiger partial charge in [-0.2, -0.15) is 0 Å². The maximum Gasteiger partial charge on any atom is 0.271 e. The van der Waals surface area contributed by atoms with Crippen molar-refractivity contribution in [3.05, 3.63) is 18.1 Å². The van der Waals surface area contributed by atoms with Crippen molar-refractivity contribution < 1.29 is 14.3 Å². The largest absolute Gasteiger partial charge is 0.382 e. The Kier molecular flexibility index (Phi) is 7.45. The SMILES string of the molecule is COCCOCCCCNC(=O)c1cnc(N)cn1. The molecule has 1 heterocycles. The van der Waals surface area contributed by atoms with Crippen LogP contribution in [0.4, 0.5) is 5.82 Å². The fourth-order valence-electron chi connectivity index (χ4n) is 1.32. The number of hydrogen-bond acceptors (Lipinski definition) is 6. The molecule has 0 saturated carbocycles. The van der Waals surface area contributed by atoms with Gasteiger partial charge < -0.3 is 20.5 Å². The number of carbonyl (C=O) groups is 1. The summed E-state index contributed by atoms with van der Waals surface area (Å²) in [4.78, 5) is 19.3. The number of unbranched alkanes of at least 4 members (excludes halogenated alkanes) is 1. The number of nitrogens with one attached hydrogen (secondary N) is 1. The predicted molar refractivity (Wildman–Crippen MR) is 70.7 cm³/mol. The minimum Gasteiger partial charge on any atom is -0.382 e. The molecule has 1 amide bonds. The van der Waals surface area contributed by atoms with Gasteiger partial charge in [0.1, 0.15) is 11.5 Å². The Hall–Kier alpha value is -1.73. The third kappa shape index (κ3) is 6.68. The lowest BCUT2D eigenvalue weighted by Crippen LogP contribution is -2.25. The molecule has 0 atom stereocenters. The Bertz CT molecular complexity index is 370. The van der Waals surface area contributed by atoms with Crippen molar-refractivity contribution in [1.29, 1.82) is 0 Å². The molecule has 0 radical (unpaired) electrons. The summed E-state index contributed by atoms with van der Waals surface area (Å²) in [5.41, 5.74) is 5.66. The van der Waals surface area contributed by atoms with Crippen molar-refractivity contribution in [3.8, 4) is 0 Å². The molecule has 0 spiro atoms. The van der Waals surface area contributed by atoms with Crippen LogP contribution in [0.25, 0.3) is 0 Å². The van der Waals surface area contributed by atoms with Gasteiger partial charge in [0.05, 0.1) is 25.6 Å². The number of anilines is 1. The van der Waals surface area contributed by atoms with Crippen molar-refractivity contribution >= 4 is 11.7 Å². The molecule has 1 aromatic rings. The number of ether oxygens (including phenoxy) is 2. The molecule has 0 aliphatic carbocycles. The first-order valence-corrected chi connectivity index (χ1v) is 6.16. The normalized spacial score (nSPS) is 10.4. The Labute approximate surface area is 112 Å². The predicted octanol–water partition coefficient (Wildman–Crippen LogP) is 0.232. The minimum absolute atomic E-state index is 0.243. The summed E-state index contributed by atoms with van der Waals surface area (Å²) < 4.78 is 10.2.